The topological polar surface area (TPSA) is 149 Å². The van der Waals surface area contributed by atoms with Crippen LogP contribution in [0.15, 0.2) is 66.7 Å². The number of ether oxygens (including phenoxy) is 2. The third-order valence-corrected chi connectivity index (χ3v) is 7.10. The van der Waals surface area contributed by atoms with Crippen molar-refractivity contribution in [3.05, 3.63) is 112 Å². The molecule has 10 nitrogen and oxygen atoms in total. The van der Waals surface area contributed by atoms with Crippen molar-refractivity contribution in [2.75, 3.05) is 13.2 Å². The molecule has 14 heteroatoms. The minimum atomic E-state index is -1.11. The first-order chi connectivity index (χ1) is 22.6. The number of amides is 1. The van der Waals surface area contributed by atoms with Crippen molar-refractivity contribution in [1.82, 2.24) is 20.3 Å². The second-order valence-corrected chi connectivity index (χ2v) is 10.6. The summed E-state index contributed by atoms with van der Waals surface area (Å²) in [5, 5.41) is 20.8. The summed E-state index contributed by atoms with van der Waals surface area (Å²) in [5.74, 6) is -2.81. The summed E-state index contributed by atoms with van der Waals surface area (Å²) in [6.07, 6.45) is 0.854. The van der Waals surface area contributed by atoms with Gasteiger partial charge in [0.2, 0.25) is 11.8 Å². The molecule has 0 saturated carbocycles. The molecule has 1 saturated heterocycles. The maximum absolute atomic E-state index is 15.0. The van der Waals surface area contributed by atoms with E-state index in [-0.39, 0.29) is 91.3 Å². The molecule has 0 bridgehead atoms. The molecule has 0 aliphatic carbocycles. The zero-order valence-electron chi connectivity index (χ0n) is 25.4. The number of nitriles is 1. The van der Waals surface area contributed by atoms with E-state index in [1.54, 1.807) is 6.07 Å². The monoisotopic (exact) mass is 826 g/mol. The van der Waals surface area contributed by atoms with Gasteiger partial charge in [-0.2, -0.15) is 5.26 Å². The van der Waals surface area contributed by atoms with Crippen LogP contribution in [0.5, 0.6) is 5.88 Å². The summed E-state index contributed by atoms with van der Waals surface area (Å²) in [6.45, 7) is 2.81. The van der Waals surface area contributed by atoms with Crippen molar-refractivity contribution in [2.45, 2.75) is 32.4 Å². The van der Waals surface area contributed by atoms with E-state index in [2.05, 4.69) is 20.3 Å². The minimum absolute atomic E-state index is 0. The van der Waals surface area contributed by atoms with Gasteiger partial charge in [0.05, 0.1) is 35.5 Å². The van der Waals surface area contributed by atoms with Crippen molar-refractivity contribution >= 4 is 22.9 Å². The molecule has 2 aromatic heterocycles. The summed E-state index contributed by atoms with van der Waals surface area (Å²) in [4.78, 5) is 34.3. The van der Waals surface area contributed by atoms with Gasteiger partial charge in [0.15, 0.2) is 0 Å². The Bertz CT molecular complexity index is 1990. The molecule has 1 atom stereocenters. The number of fused-ring (bicyclic) bond motifs is 1. The first-order valence-corrected chi connectivity index (χ1v) is 14.4. The van der Waals surface area contributed by atoms with E-state index in [1.165, 1.54) is 49.4 Å². The first kappa shape index (κ1) is 35.8. The number of aromatic nitrogens is 3. The van der Waals surface area contributed by atoms with Crippen LogP contribution in [-0.4, -0.2) is 46.2 Å². The SMILES string of the molecule is CC(=O)N[C@H]1CCOC1.N#Cc1ccc(COc2cccc(-c3cc(F)c(Cc4nc5ccc(C(=O)O)cc5[n-]4)cc3F)n2)c(F)c1.[W]. The number of pyridine rings is 1. The van der Waals surface area contributed by atoms with E-state index < -0.39 is 23.4 Å². The molecule has 1 fully saturated rings. The summed E-state index contributed by atoms with van der Waals surface area (Å²) in [5.41, 5.74) is 1.26. The third-order valence-electron chi connectivity index (χ3n) is 7.10. The quantitative estimate of drug-likeness (QED) is 0.212. The fourth-order valence-electron chi connectivity index (χ4n) is 4.78. The van der Waals surface area contributed by atoms with Crippen LogP contribution in [0.3, 0.4) is 0 Å². The molecule has 1 amide bonds. The Hall–Kier alpha value is -5.05. The van der Waals surface area contributed by atoms with Crippen LogP contribution in [0.1, 0.15) is 46.2 Å². The van der Waals surface area contributed by atoms with Gasteiger partial charge in [-0.1, -0.05) is 24.0 Å². The minimum Gasteiger partial charge on any atom is -0.478 e. The third kappa shape index (κ3) is 9.06. The Balaban J connectivity index is 0.000000452. The summed E-state index contributed by atoms with van der Waals surface area (Å²) >= 11 is 0. The molecule has 5 aromatic rings. The molecule has 6 rings (SSSR count). The van der Waals surface area contributed by atoms with Crippen molar-refractivity contribution in [1.29, 1.82) is 5.26 Å². The Kier molecular flexibility index (Phi) is 12.1. The van der Waals surface area contributed by atoms with Gasteiger partial charge in [-0.05, 0) is 71.9 Å². The number of halogens is 3. The molecule has 1 aliphatic heterocycles. The van der Waals surface area contributed by atoms with E-state index in [9.17, 15) is 18.4 Å². The van der Waals surface area contributed by atoms with Gasteiger partial charge in [-0.3, -0.25) is 4.79 Å². The second-order valence-electron chi connectivity index (χ2n) is 10.6. The standard InChI is InChI=1S/C28H17F3N4O3.C6H11NO2.W/c29-20-8-15(13-32)4-5-17(20)14-38-27-3-1-2-23(35-27)19-12-21(30)18(9-22(19)31)11-26-33-24-7-6-16(28(36)37)10-25(24)34-26;1-5(8)7-6-2-3-9-4-6;/h1-10,12H,11,14H2,(H2,33,34,36,37);6H,2-4H2,1H3,(H,7,8);/p-1/t;6-;/m.0./s1. The van der Waals surface area contributed by atoms with Gasteiger partial charge >= 0.3 is 5.97 Å². The molecule has 48 heavy (non-hydrogen) atoms. The first-order valence-electron chi connectivity index (χ1n) is 14.4. The summed E-state index contributed by atoms with van der Waals surface area (Å²) in [6, 6.07) is 16.9. The van der Waals surface area contributed by atoms with E-state index in [0.29, 0.717) is 17.6 Å². The van der Waals surface area contributed by atoms with Crippen LogP contribution >= 0.6 is 0 Å². The predicted molar refractivity (Wildman–Crippen MR) is 163 cm³/mol. The Morgan fingerprint density at radius 3 is 2.52 bits per heavy atom. The maximum Gasteiger partial charge on any atom is 0.335 e. The van der Waals surface area contributed by atoms with Gasteiger partial charge in [-0.25, -0.2) is 22.9 Å². The zero-order chi connectivity index (χ0) is 33.5. The van der Waals surface area contributed by atoms with Crippen molar-refractivity contribution in [3.8, 4) is 23.2 Å². The van der Waals surface area contributed by atoms with Crippen LogP contribution in [0.25, 0.3) is 22.3 Å². The average molecular weight is 826 g/mol. The van der Waals surface area contributed by atoms with Crippen LogP contribution in [0, 0.1) is 28.8 Å². The van der Waals surface area contributed by atoms with Crippen molar-refractivity contribution in [2.24, 2.45) is 0 Å². The number of aromatic carboxylic acids is 1. The van der Waals surface area contributed by atoms with E-state index in [4.69, 9.17) is 19.8 Å². The number of carboxylic acid groups (broad SMARTS) is 1. The number of benzene rings is 3. The summed E-state index contributed by atoms with van der Waals surface area (Å²) < 4.78 is 54.7. The number of carboxylic acids is 1. The molecule has 0 radical (unpaired) electrons. The van der Waals surface area contributed by atoms with Crippen LogP contribution in [0.2, 0.25) is 0 Å². The molecular formula is C34H27F3N5O5W-. The molecule has 0 spiro atoms. The zero-order valence-corrected chi connectivity index (χ0v) is 28.3. The normalized spacial score (nSPS) is 13.5. The van der Waals surface area contributed by atoms with Gasteiger partial charge in [-0.15, -0.1) is 0 Å². The largest absolute Gasteiger partial charge is 0.478 e. The van der Waals surface area contributed by atoms with E-state index in [0.717, 1.165) is 31.2 Å². The maximum atomic E-state index is 15.0. The molecule has 3 heterocycles. The van der Waals surface area contributed by atoms with Gasteiger partial charge in [0, 0.05) is 51.8 Å². The number of hydrogen-bond acceptors (Lipinski definition) is 7. The van der Waals surface area contributed by atoms with E-state index in [1.807, 2.05) is 6.07 Å². The number of nitrogens with one attached hydrogen (secondary N) is 1. The Morgan fingerprint density at radius 2 is 1.83 bits per heavy atom. The average Bonchev–Trinajstić information content (AvgIpc) is 3.71. The predicted octanol–water partition coefficient (Wildman–Crippen LogP) is 5.32. The molecule has 0 unspecified atom stereocenters. The van der Waals surface area contributed by atoms with E-state index >= 15 is 4.39 Å². The number of hydrogen-bond donors (Lipinski definition) is 2. The number of rotatable bonds is 8. The summed E-state index contributed by atoms with van der Waals surface area (Å²) in [7, 11) is 0. The number of carbonyl (C=O) groups is 2. The molecule has 246 valence electrons. The number of carbonyl (C=O) groups excluding carboxylic acids is 1. The van der Waals surface area contributed by atoms with Gasteiger partial charge < -0.3 is 29.9 Å². The van der Waals surface area contributed by atoms with Crippen LogP contribution in [-0.2, 0) is 43.6 Å². The molecule has 2 N–H and O–H groups in total. The fraction of sp³-hybridized carbons (Fsp3) is 0.206. The number of imidazole rings is 1. The Labute approximate surface area is 287 Å². The van der Waals surface area contributed by atoms with Crippen LogP contribution in [0.4, 0.5) is 13.2 Å². The Morgan fingerprint density at radius 1 is 1.04 bits per heavy atom. The second kappa shape index (κ2) is 16.2. The smallest absolute Gasteiger partial charge is 0.335 e. The molecular weight excluding hydrogens is 799 g/mol. The van der Waals surface area contributed by atoms with Gasteiger partial charge in [0.25, 0.3) is 0 Å². The van der Waals surface area contributed by atoms with Gasteiger partial charge in [0.1, 0.15) is 24.1 Å². The van der Waals surface area contributed by atoms with Crippen molar-refractivity contribution < 1.29 is 58.4 Å². The van der Waals surface area contributed by atoms with Crippen LogP contribution < -0.4 is 15.0 Å². The van der Waals surface area contributed by atoms with Crippen molar-refractivity contribution in [3.63, 3.8) is 0 Å². The number of nitrogens with zero attached hydrogens (tertiary/aromatic N) is 4. The fourth-order valence-corrected chi connectivity index (χ4v) is 4.78. The molecule has 3 aromatic carbocycles. The molecule has 1 aliphatic rings.